The summed E-state index contributed by atoms with van der Waals surface area (Å²) in [5.74, 6) is -0.464. The van der Waals surface area contributed by atoms with Gasteiger partial charge in [0.1, 0.15) is 11.6 Å². The summed E-state index contributed by atoms with van der Waals surface area (Å²) in [4.78, 5) is 11.8. The first kappa shape index (κ1) is 16.0. The summed E-state index contributed by atoms with van der Waals surface area (Å²) < 4.78 is 4.90. The lowest BCUT2D eigenvalue weighted by molar-refractivity contribution is -0.112. The van der Waals surface area contributed by atoms with Crippen molar-refractivity contribution in [2.75, 3.05) is 25.6 Å². The van der Waals surface area contributed by atoms with Gasteiger partial charge in [-0.3, -0.25) is 4.79 Å². The van der Waals surface area contributed by atoms with Gasteiger partial charge in [-0.1, -0.05) is 11.6 Å². The van der Waals surface area contributed by atoms with Gasteiger partial charge in [-0.2, -0.15) is 5.26 Å². The first-order valence-electron chi connectivity index (χ1n) is 6.07. The molecule has 1 rings (SSSR count). The maximum Gasteiger partial charge on any atom is 0.267 e. The van der Waals surface area contributed by atoms with Gasteiger partial charge in [0.15, 0.2) is 0 Å². The van der Waals surface area contributed by atoms with Gasteiger partial charge in [-0.15, -0.1) is 0 Å². The maximum absolute atomic E-state index is 11.8. The molecule has 20 heavy (non-hydrogen) atoms. The Kier molecular flexibility index (Phi) is 7.18. The molecule has 2 N–H and O–H groups in total. The Balaban J connectivity index is 2.52. The number of anilines is 1. The van der Waals surface area contributed by atoms with Gasteiger partial charge in [0.25, 0.3) is 5.91 Å². The minimum absolute atomic E-state index is 0.0115. The molecule has 0 heterocycles. The van der Waals surface area contributed by atoms with E-state index < -0.39 is 5.91 Å². The van der Waals surface area contributed by atoms with E-state index in [1.165, 1.54) is 6.20 Å². The number of methoxy groups -OCH3 is 1. The third-order valence-electron chi connectivity index (χ3n) is 2.38. The van der Waals surface area contributed by atoms with Gasteiger partial charge in [-0.05, 0) is 30.7 Å². The van der Waals surface area contributed by atoms with E-state index >= 15 is 0 Å². The smallest absolute Gasteiger partial charge is 0.267 e. The van der Waals surface area contributed by atoms with Gasteiger partial charge in [0, 0.05) is 37.2 Å². The van der Waals surface area contributed by atoms with Crippen molar-refractivity contribution in [3.63, 3.8) is 0 Å². The molecule has 0 aliphatic heterocycles. The number of halogens is 1. The molecule has 1 amide bonds. The number of nitriles is 1. The Morgan fingerprint density at radius 3 is 2.75 bits per heavy atom. The molecule has 1 aromatic rings. The van der Waals surface area contributed by atoms with E-state index in [-0.39, 0.29) is 5.57 Å². The second-order valence-corrected chi connectivity index (χ2v) is 4.37. The summed E-state index contributed by atoms with van der Waals surface area (Å²) in [7, 11) is 1.62. The molecule has 5 nitrogen and oxygen atoms in total. The van der Waals surface area contributed by atoms with Crippen LogP contribution in [0.2, 0.25) is 5.02 Å². The summed E-state index contributed by atoms with van der Waals surface area (Å²) in [5, 5.41) is 15.1. The van der Waals surface area contributed by atoms with Crippen molar-refractivity contribution in [1.82, 2.24) is 5.32 Å². The summed E-state index contributed by atoms with van der Waals surface area (Å²) in [6.07, 6.45) is 2.20. The summed E-state index contributed by atoms with van der Waals surface area (Å²) in [5.41, 5.74) is 0.595. The second-order valence-electron chi connectivity index (χ2n) is 3.93. The van der Waals surface area contributed by atoms with Gasteiger partial charge in [0.05, 0.1) is 0 Å². The molecule has 0 saturated carbocycles. The fourth-order valence-corrected chi connectivity index (χ4v) is 1.50. The van der Waals surface area contributed by atoms with Crippen molar-refractivity contribution in [2.45, 2.75) is 6.42 Å². The molecular formula is C14H16ClN3O2. The van der Waals surface area contributed by atoms with Crippen LogP contribution in [-0.2, 0) is 9.53 Å². The molecule has 0 aromatic heterocycles. The zero-order valence-electron chi connectivity index (χ0n) is 11.1. The van der Waals surface area contributed by atoms with E-state index in [0.717, 1.165) is 6.42 Å². The van der Waals surface area contributed by atoms with Crippen LogP contribution < -0.4 is 10.6 Å². The monoisotopic (exact) mass is 293 g/mol. The minimum Gasteiger partial charge on any atom is -0.390 e. The van der Waals surface area contributed by atoms with Crippen molar-refractivity contribution >= 4 is 23.2 Å². The van der Waals surface area contributed by atoms with Crippen molar-refractivity contribution in [1.29, 1.82) is 5.26 Å². The topological polar surface area (TPSA) is 74.1 Å². The number of amides is 1. The lowest BCUT2D eigenvalue weighted by atomic mass is 10.2. The third-order valence-corrected chi connectivity index (χ3v) is 2.64. The molecule has 0 saturated heterocycles. The fraction of sp³-hybridized carbons (Fsp3) is 0.286. The second kappa shape index (κ2) is 8.97. The van der Waals surface area contributed by atoms with Crippen LogP contribution in [0.4, 0.5) is 5.69 Å². The molecule has 0 fully saturated rings. The Morgan fingerprint density at radius 2 is 2.15 bits per heavy atom. The molecule has 0 aliphatic rings. The van der Waals surface area contributed by atoms with Crippen molar-refractivity contribution in [3.8, 4) is 6.07 Å². The van der Waals surface area contributed by atoms with E-state index in [0.29, 0.717) is 23.9 Å². The van der Waals surface area contributed by atoms with Crippen LogP contribution in [0.15, 0.2) is 36.0 Å². The Hall–Kier alpha value is -2.03. The minimum atomic E-state index is -0.464. The first-order valence-corrected chi connectivity index (χ1v) is 6.44. The van der Waals surface area contributed by atoms with Gasteiger partial charge in [0.2, 0.25) is 0 Å². The zero-order chi connectivity index (χ0) is 14.8. The highest BCUT2D eigenvalue weighted by molar-refractivity contribution is 6.30. The van der Waals surface area contributed by atoms with Crippen LogP contribution in [0.25, 0.3) is 0 Å². The highest BCUT2D eigenvalue weighted by Crippen LogP contribution is 2.13. The number of nitrogens with zero attached hydrogens (tertiary/aromatic N) is 1. The van der Waals surface area contributed by atoms with Gasteiger partial charge < -0.3 is 15.4 Å². The lowest BCUT2D eigenvalue weighted by Gasteiger charge is -2.05. The average molecular weight is 294 g/mol. The van der Waals surface area contributed by atoms with E-state index in [9.17, 15) is 4.79 Å². The first-order chi connectivity index (χ1) is 9.67. The summed E-state index contributed by atoms with van der Waals surface area (Å²) in [6.45, 7) is 1.26. The van der Waals surface area contributed by atoms with Crippen LogP contribution in [0.1, 0.15) is 6.42 Å². The van der Waals surface area contributed by atoms with E-state index in [1.807, 2.05) is 6.07 Å². The maximum atomic E-state index is 11.8. The van der Waals surface area contributed by atoms with E-state index in [1.54, 1.807) is 31.4 Å². The molecule has 1 aromatic carbocycles. The SMILES string of the molecule is COCCCN/C=C(/C#N)C(=O)Nc1ccc(Cl)cc1. The number of benzene rings is 1. The van der Waals surface area contributed by atoms with Crippen LogP contribution in [0.5, 0.6) is 0 Å². The lowest BCUT2D eigenvalue weighted by Crippen LogP contribution is -2.17. The van der Waals surface area contributed by atoms with Gasteiger partial charge >= 0.3 is 0 Å². The molecule has 0 bridgehead atoms. The zero-order valence-corrected chi connectivity index (χ0v) is 11.9. The number of carbonyl (C=O) groups excluding carboxylic acids is 1. The quantitative estimate of drug-likeness (QED) is 0.460. The molecule has 0 spiro atoms. The molecule has 0 unspecified atom stereocenters. The highest BCUT2D eigenvalue weighted by atomic mass is 35.5. The highest BCUT2D eigenvalue weighted by Gasteiger charge is 2.08. The van der Waals surface area contributed by atoms with Crippen molar-refractivity contribution < 1.29 is 9.53 Å². The third kappa shape index (κ3) is 5.74. The summed E-state index contributed by atoms with van der Waals surface area (Å²) in [6, 6.07) is 8.51. The average Bonchev–Trinajstić information content (AvgIpc) is 2.45. The number of nitrogens with one attached hydrogen (secondary N) is 2. The number of hydrogen-bond donors (Lipinski definition) is 2. The standard InChI is InChI=1S/C14H16ClN3O2/c1-20-8-2-7-17-10-11(9-16)14(19)18-13-5-3-12(15)4-6-13/h3-6,10,17H,2,7-8H2,1H3,(H,18,19)/b11-10-. The van der Waals surface area contributed by atoms with E-state index in [2.05, 4.69) is 10.6 Å². The molecule has 0 radical (unpaired) electrons. The number of rotatable bonds is 7. The largest absolute Gasteiger partial charge is 0.390 e. The predicted molar refractivity (Wildman–Crippen MR) is 78.3 cm³/mol. The summed E-state index contributed by atoms with van der Waals surface area (Å²) >= 11 is 5.75. The normalized spacial score (nSPS) is 10.8. The van der Waals surface area contributed by atoms with Crippen LogP contribution >= 0.6 is 11.6 Å². The van der Waals surface area contributed by atoms with Crippen molar-refractivity contribution in [3.05, 3.63) is 41.1 Å². The number of ether oxygens (including phenoxy) is 1. The Bertz CT molecular complexity index is 506. The molecule has 0 atom stereocenters. The van der Waals surface area contributed by atoms with Crippen LogP contribution in [0.3, 0.4) is 0 Å². The van der Waals surface area contributed by atoms with Crippen molar-refractivity contribution in [2.24, 2.45) is 0 Å². The Morgan fingerprint density at radius 1 is 1.45 bits per heavy atom. The number of hydrogen-bond acceptors (Lipinski definition) is 4. The van der Waals surface area contributed by atoms with Crippen LogP contribution in [-0.4, -0.2) is 26.2 Å². The van der Waals surface area contributed by atoms with Gasteiger partial charge in [-0.25, -0.2) is 0 Å². The predicted octanol–water partition coefficient (Wildman–Crippen LogP) is 2.31. The molecule has 0 aliphatic carbocycles. The molecule has 106 valence electrons. The number of carbonyl (C=O) groups is 1. The van der Waals surface area contributed by atoms with Crippen LogP contribution in [0, 0.1) is 11.3 Å². The van der Waals surface area contributed by atoms with E-state index in [4.69, 9.17) is 21.6 Å². The molecule has 6 heteroatoms. The molecular weight excluding hydrogens is 278 g/mol. The Labute approximate surface area is 123 Å². The fourth-order valence-electron chi connectivity index (χ4n) is 1.37.